The average Bonchev–Trinajstić information content (AvgIpc) is 3.10. The van der Waals surface area contributed by atoms with Gasteiger partial charge in [-0.05, 0) is 83.5 Å². The number of benzene rings is 2. The molecular formula is C37H43N9O7. The largest absolute Gasteiger partial charge is 0.478 e. The molecule has 2 aliphatic heterocycles. The summed E-state index contributed by atoms with van der Waals surface area (Å²) in [5, 5.41) is 19.7. The normalized spacial score (nSPS) is 15.7. The SMILES string of the molecule is C=C1C=NNC(=Nc2cc(C(=O)NCC)ccc2C)N1/C(C)=C/C(=O)OCC.C=C1C=NNC(=Nc2ccc(C(=O)O)cc2)N1/C(C)=C/C(=O)OCC. The first-order valence-electron chi connectivity index (χ1n) is 16.4. The lowest BCUT2D eigenvalue weighted by atomic mass is 10.1. The van der Waals surface area contributed by atoms with Crippen LogP contribution in [0.2, 0.25) is 0 Å². The first-order chi connectivity index (χ1) is 25.3. The summed E-state index contributed by atoms with van der Waals surface area (Å²) in [5.41, 5.74) is 10.4. The maximum Gasteiger partial charge on any atom is 0.335 e. The zero-order valence-corrected chi connectivity index (χ0v) is 30.5. The number of amides is 1. The number of rotatable bonds is 11. The molecule has 4 N–H and O–H groups in total. The Morgan fingerprint density at radius 2 is 1.30 bits per heavy atom. The molecule has 2 aliphatic rings. The van der Waals surface area contributed by atoms with Crippen molar-refractivity contribution in [2.24, 2.45) is 20.2 Å². The van der Waals surface area contributed by atoms with E-state index in [0.717, 1.165) is 5.56 Å². The minimum Gasteiger partial charge on any atom is -0.478 e. The van der Waals surface area contributed by atoms with Gasteiger partial charge in [-0.3, -0.25) is 14.6 Å². The number of aliphatic imine (C=N–C) groups is 2. The van der Waals surface area contributed by atoms with Gasteiger partial charge in [0.2, 0.25) is 11.9 Å². The first-order valence-corrected chi connectivity index (χ1v) is 16.4. The third kappa shape index (κ3) is 11.6. The Hall–Kier alpha value is -6.84. The number of allylic oxidation sites excluding steroid dienone is 4. The van der Waals surface area contributed by atoms with Crippen LogP contribution >= 0.6 is 0 Å². The minimum absolute atomic E-state index is 0.165. The third-order valence-electron chi connectivity index (χ3n) is 7.07. The van der Waals surface area contributed by atoms with Gasteiger partial charge in [0, 0.05) is 35.7 Å². The summed E-state index contributed by atoms with van der Waals surface area (Å²) in [6, 6.07) is 11.3. The fraction of sp³-hybridized carbons (Fsp3) is 0.243. The van der Waals surface area contributed by atoms with Crippen molar-refractivity contribution in [3.63, 3.8) is 0 Å². The zero-order valence-electron chi connectivity index (χ0n) is 30.5. The number of esters is 2. The molecule has 2 aromatic rings. The van der Waals surface area contributed by atoms with E-state index < -0.39 is 17.9 Å². The summed E-state index contributed by atoms with van der Waals surface area (Å²) >= 11 is 0. The van der Waals surface area contributed by atoms with E-state index in [0.29, 0.717) is 58.2 Å². The summed E-state index contributed by atoms with van der Waals surface area (Å²) in [4.78, 5) is 58.8. The van der Waals surface area contributed by atoms with Crippen molar-refractivity contribution >= 4 is 59.5 Å². The van der Waals surface area contributed by atoms with E-state index >= 15 is 0 Å². The van der Waals surface area contributed by atoms with Crippen LogP contribution in [-0.4, -0.2) is 82.8 Å². The van der Waals surface area contributed by atoms with Gasteiger partial charge in [0.25, 0.3) is 5.91 Å². The van der Waals surface area contributed by atoms with Crippen molar-refractivity contribution in [1.29, 1.82) is 0 Å². The van der Waals surface area contributed by atoms with Crippen molar-refractivity contribution in [2.75, 3.05) is 19.8 Å². The molecule has 0 fully saturated rings. The van der Waals surface area contributed by atoms with Gasteiger partial charge in [0.15, 0.2) is 0 Å². The molecule has 0 bridgehead atoms. The van der Waals surface area contributed by atoms with Crippen molar-refractivity contribution in [2.45, 2.75) is 41.5 Å². The Morgan fingerprint density at radius 1 is 0.811 bits per heavy atom. The number of carboxylic acids is 1. The third-order valence-corrected chi connectivity index (χ3v) is 7.07. The molecule has 16 heteroatoms. The molecule has 0 atom stereocenters. The molecule has 4 rings (SSSR count). The summed E-state index contributed by atoms with van der Waals surface area (Å²) < 4.78 is 9.87. The molecule has 53 heavy (non-hydrogen) atoms. The van der Waals surface area contributed by atoms with Crippen LogP contribution in [0, 0.1) is 6.92 Å². The lowest BCUT2D eigenvalue weighted by molar-refractivity contribution is -0.138. The molecule has 278 valence electrons. The van der Waals surface area contributed by atoms with Gasteiger partial charge in [-0.1, -0.05) is 19.2 Å². The molecule has 0 aliphatic carbocycles. The fourth-order valence-corrected chi connectivity index (χ4v) is 4.64. The number of aryl methyl sites for hydroxylation is 1. The van der Waals surface area contributed by atoms with Gasteiger partial charge < -0.3 is 19.9 Å². The van der Waals surface area contributed by atoms with Crippen molar-refractivity contribution in [3.05, 3.63) is 107 Å². The lowest BCUT2D eigenvalue weighted by Crippen LogP contribution is -2.41. The Morgan fingerprint density at radius 3 is 1.77 bits per heavy atom. The van der Waals surface area contributed by atoms with Crippen LogP contribution in [0.15, 0.2) is 111 Å². The van der Waals surface area contributed by atoms with Crippen molar-refractivity contribution in [3.8, 4) is 0 Å². The number of guanidine groups is 2. The predicted molar refractivity (Wildman–Crippen MR) is 203 cm³/mol. The van der Waals surface area contributed by atoms with E-state index in [1.54, 1.807) is 61.8 Å². The molecule has 0 saturated carbocycles. The maximum absolute atomic E-state index is 12.1. The van der Waals surface area contributed by atoms with Gasteiger partial charge in [-0.25, -0.2) is 35.2 Å². The lowest BCUT2D eigenvalue weighted by Gasteiger charge is -2.29. The summed E-state index contributed by atoms with van der Waals surface area (Å²) in [6.45, 7) is 19.6. The van der Waals surface area contributed by atoms with Gasteiger partial charge in [0.05, 0.1) is 54.0 Å². The highest BCUT2D eigenvalue weighted by Gasteiger charge is 2.22. The van der Waals surface area contributed by atoms with Gasteiger partial charge in [-0.2, -0.15) is 10.2 Å². The number of hydrogen-bond donors (Lipinski definition) is 4. The van der Waals surface area contributed by atoms with E-state index in [2.05, 4.69) is 49.5 Å². The predicted octanol–water partition coefficient (Wildman–Crippen LogP) is 4.85. The minimum atomic E-state index is -1.01. The second kappa shape index (κ2) is 19.5. The number of nitrogens with one attached hydrogen (secondary N) is 3. The second-order valence-electron chi connectivity index (χ2n) is 11.1. The van der Waals surface area contributed by atoms with E-state index in [9.17, 15) is 19.2 Å². The van der Waals surface area contributed by atoms with E-state index in [1.807, 2.05) is 19.9 Å². The number of aromatic carboxylic acids is 1. The molecule has 0 aromatic heterocycles. The van der Waals surface area contributed by atoms with Gasteiger partial charge >= 0.3 is 17.9 Å². The molecule has 1 amide bonds. The molecule has 0 saturated heterocycles. The summed E-state index contributed by atoms with van der Waals surface area (Å²) in [7, 11) is 0. The van der Waals surface area contributed by atoms with Crippen LogP contribution in [-0.2, 0) is 19.1 Å². The fourth-order valence-electron chi connectivity index (χ4n) is 4.64. The molecular weight excluding hydrogens is 682 g/mol. The maximum atomic E-state index is 12.1. The number of hydrazone groups is 2. The number of nitrogens with zero attached hydrogens (tertiary/aromatic N) is 6. The molecule has 0 radical (unpaired) electrons. The molecule has 0 unspecified atom stereocenters. The number of carbonyl (C=O) groups excluding carboxylic acids is 3. The number of ether oxygens (including phenoxy) is 2. The average molecular weight is 726 g/mol. The quantitative estimate of drug-likeness (QED) is 0.182. The second-order valence-corrected chi connectivity index (χ2v) is 11.1. The van der Waals surface area contributed by atoms with E-state index in [1.165, 1.54) is 36.7 Å². The standard InChI is InChI=1S/C20H25N5O3.C17H18N4O4/c1-6-21-19(27)16-9-8-13(3)17(11-16)23-20-24-22-12-15(5)25(20)14(4)10-18(26)28-7-2;1-4-25-15(22)9-11(2)21-12(3)10-18-20-17(21)19-14-7-5-13(6-8-14)16(23)24/h8-12H,5-7H2,1-4H3,(H,21,27)(H,23,24);5-10H,3-4H2,1-2H3,(H,19,20)(H,23,24)/b14-10+;11-9+. The van der Waals surface area contributed by atoms with Gasteiger partial charge in [-0.15, -0.1) is 0 Å². The Kier molecular flexibility index (Phi) is 15.0. The van der Waals surface area contributed by atoms with Gasteiger partial charge in [0.1, 0.15) is 0 Å². The monoisotopic (exact) mass is 725 g/mol. The Balaban J connectivity index is 0.000000287. The van der Waals surface area contributed by atoms with Crippen LogP contribution in [0.25, 0.3) is 0 Å². The molecule has 2 aromatic carbocycles. The Bertz CT molecular complexity index is 1930. The van der Waals surface area contributed by atoms with E-state index in [-0.39, 0.29) is 24.7 Å². The van der Waals surface area contributed by atoms with Crippen LogP contribution in [0.3, 0.4) is 0 Å². The number of carboxylic acid groups (broad SMARTS) is 1. The molecule has 2 heterocycles. The van der Waals surface area contributed by atoms with Crippen LogP contribution in [0.1, 0.15) is 60.9 Å². The molecule has 0 spiro atoms. The zero-order chi connectivity index (χ0) is 39.1. The Labute approximate surface area is 307 Å². The van der Waals surface area contributed by atoms with Crippen molar-refractivity contribution < 1.29 is 33.8 Å². The van der Waals surface area contributed by atoms with Crippen LogP contribution < -0.4 is 16.2 Å². The first kappa shape index (κ1) is 40.6. The summed E-state index contributed by atoms with van der Waals surface area (Å²) in [6.07, 6.45) is 5.72. The highest BCUT2D eigenvalue weighted by Crippen LogP contribution is 2.24. The molecule has 16 nitrogen and oxygen atoms in total. The van der Waals surface area contributed by atoms with E-state index in [4.69, 9.17) is 14.6 Å². The smallest absolute Gasteiger partial charge is 0.335 e. The summed E-state index contributed by atoms with van der Waals surface area (Å²) in [5.74, 6) is -1.42. The van der Waals surface area contributed by atoms with Crippen molar-refractivity contribution in [1.82, 2.24) is 26.0 Å². The topological polar surface area (TPSA) is 199 Å². The van der Waals surface area contributed by atoms with Crippen LogP contribution in [0.4, 0.5) is 11.4 Å². The number of carbonyl (C=O) groups is 4. The van der Waals surface area contributed by atoms with Crippen LogP contribution in [0.5, 0.6) is 0 Å². The number of hydrogen-bond acceptors (Lipinski definition) is 10. The highest BCUT2D eigenvalue weighted by molar-refractivity contribution is 5.99. The highest BCUT2D eigenvalue weighted by atomic mass is 16.5.